The van der Waals surface area contributed by atoms with Crippen LogP contribution in [0.15, 0.2) is 54.6 Å². The van der Waals surface area contributed by atoms with Crippen LogP contribution in [-0.2, 0) is 7.05 Å². The van der Waals surface area contributed by atoms with Crippen LogP contribution in [0.5, 0.6) is 0 Å². The minimum atomic E-state index is -0.0579. The Hall–Kier alpha value is -3.06. The molecular formula is C21H24N6O. The number of tetrazole rings is 1. The fourth-order valence-electron chi connectivity index (χ4n) is 3.63. The summed E-state index contributed by atoms with van der Waals surface area (Å²) < 4.78 is 0. The zero-order valence-corrected chi connectivity index (χ0v) is 16.0. The van der Waals surface area contributed by atoms with E-state index < -0.39 is 0 Å². The monoisotopic (exact) mass is 376 g/mol. The predicted molar refractivity (Wildman–Crippen MR) is 107 cm³/mol. The lowest BCUT2D eigenvalue weighted by atomic mass is 9.99. The Balaban J connectivity index is 1.25. The molecule has 4 rings (SSSR count). The largest absolute Gasteiger partial charge is 0.351 e. The van der Waals surface area contributed by atoms with Gasteiger partial charge in [0.25, 0.3) is 5.91 Å². The number of carbonyl (C=O) groups excluding carboxylic acids is 1. The second-order valence-electron chi connectivity index (χ2n) is 7.13. The average Bonchev–Trinajstić information content (AvgIpc) is 3.38. The summed E-state index contributed by atoms with van der Waals surface area (Å²) in [6.45, 7) is 3.65. The summed E-state index contributed by atoms with van der Waals surface area (Å²) in [6.07, 6.45) is 1.18. The second-order valence-corrected chi connectivity index (χ2v) is 7.13. The average molecular weight is 376 g/mol. The van der Waals surface area contributed by atoms with Gasteiger partial charge >= 0.3 is 0 Å². The van der Waals surface area contributed by atoms with Crippen LogP contribution >= 0.6 is 0 Å². The molecule has 7 heteroatoms. The summed E-state index contributed by atoms with van der Waals surface area (Å²) in [5, 5.41) is 15.0. The van der Waals surface area contributed by atoms with E-state index in [1.165, 1.54) is 16.8 Å². The Morgan fingerprint density at radius 3 is 2.64 bits per heavy atom. The third-order valence-corrected chi connectivity index (χ3v) is 5.17. The number of amides is 1. The Kier molecular flexibility index (Phi) is 5.43. The minimum Gasteiger partial charge on any atom is -0.351 e. The normalized spacial score (nSPS) is 17.0. The van der Waals surface area contributed by atoms with Crippen molar-refractivity contribution in [2.24, 2.45) is 7.05 Å². The van der Waals surface area contributed by atoms with Crippen LogP contribution in [0, 0.1) is 0 Å². The first-order valence-corrected chi connectivity index (χ1v) is 9.59. The lowest BCUT2D eigenvalue weighted by Gasteiger charge is -2.16. The predicted octanol–water partition coefficient (Wildman–Crippen LogP) is 2.10. The fourth-order valence-corrected chi connectivity index (χ4v) is 3.63. The van der Waals surface area contributed by atoms with Gasteiger partial charge in [-0.25, -0.2) is 0 Å². The van der Waals surface area contributed by atoms with Crippen molar-refractivity contribution >= 4 is 5.91 Å². The van der Waals surface area contributed by atoms with Crippen LogP contribution < -0.4 is 5.32 Å². The quantitative estimate of drug-likeness (QED) is 0.713. The zero-order valence-electron chi connectivity index (χ0n) is 16.0. The molecular weight excluding hydrogens is 352 g/mol. The molecule has 1 aromatic heterocycles. The highest BCUT2D eigenvalue weighted by molar-refractivity contribution is 5.94. The number of carbonyl (C=O) groups is 1. The molecule has 0 unspecified atom stereocenters. The number of aryl methyl sites for hydroxylation is 1. The molecule has 0 saturated carbocycles. The maximum atomic E-state index is 12.4. The van der Waals surface area contributed by atoms with E-state index in [9.17, 15) is 4.79 Å². The first-order chi connectivity index (χ1) is 13.7. The van der Waals surface area contributed by atoms with Crippen molar-refractivity contribution in [1.29, 1.82) is 0 Å². The van der Waals surface area contributed by atoms with Crippen molar-refractivity contribution < 1.29 is 4.79 Å². The van der Waals surface area contributed by atoms with E-state index in [0.717, 1.165) is 25.2 Å². The van der Waals surface area contributed by atoms with E-state index in [1.807, 2.05) is 12.1 Å². The van der Waals surface area contributed by atoms with Crippen LogP contribution in [0.1, 0.15) is 28.3 Å². The van der Waals surface area contributed by atoms with E-state index >= 15 is 0 Å². The van der Waals surface area contributed by atoms with E-state index in [2.05, 4.69) is 56.0 Å². The summed E-state index contributed by atoms with van der Waals surface area (Å²) >= 11 is 0. The minimum absolute atomic E-state index is 0.0579. The Morgan fingerprint density at radius 2 is 1.93 bits per heavy atom. The summed E-state index contributed by atoms with van der Waals surface area (Å²) in [4.78, 5) is 16.2. The Bertz CT molecular complexity index is 922. The van der Waals surface area contributed by atoms with Crippen molar-refractivity contribution in [1.82, 2.24) is 30.4 Å². The van der Waals surface area contributed by atoms with E-state index in [-0.39, 0.29) is 5.91 Å². The van der Waals surface area contributed by atoms with Gasteiger partial charge < -0.3 is 10.2 Å². The van der Waals surface area contributed by atoms with Crippen LogP contribution in [-0.4, -0.2) is 57.2 Å². The lowest BCUT2D eigenvalue weighted by Crippen LogP contribution is -2.33. The molecule has 1 atom stereocenters. The SMILES string of the molecule is Cn1nnc(-c2ccc(C(=O)NCCN3CC[C@H](c4ccccc4)C3)cc2)n1. The molecule has 0 spiro atoms. The molecule has 144 valence electrons. The van der Waals surface area contributed by atoms with Gasteiger partial charge in [-0.2, -0.15) is 4.80 Å². The molecule has 7 nitrogen and oxygen atoms in total. The lowest BCUT2D eigenvalue weighted by molar-refractivity contribution is 0.0949. The molecule has 1 aliphatic heterocycles. The van der Waals surface area contributed by atoms with Gasteiger partial charge in [0.1, 0.15) is 0 Å². The van der Waals surface area contributed by atoms with Crippen molar-refractivity contribution in [2.45, 2.75) is 12.3 Å². The number of rotatable bonds is 6. The molecule has 0 radical (unpaired) electrons. The standard InChI is InChI=1S/C21H24N6O/c1-26-24-20(23-25-26)17-7-9-18(10-8-17)21(28)22-12-14-27-13-11-19(15-27)16-5-3-2-4-6-16/h2-10,19H,11-15H2,1H3,(H,22,28)/t19-/m0/s1. The zero-order chi connectivity index (χ0) is 19.3. The van der Waals surface area contributed by atoms with Gasteiger partial charge in [0.05, 0.1) is 7.05 Å². The molecule has 1 aliphatic rings. The van der Waals surface area contributed by atoms with Crippen LogP contribution in [0.3, 0.4) is 0 Å². The number of likely N-dealkylation sites (tertiary alicyclic amines) is 1. The van der Waals surface area contributed by atoms with Gasteiger partial charge in [-0.3, -0.25) is 4.79 Å². The van der Waals surface area contributed by atoms with Gasteiger partial charge in [0.15, 0.2) is 0 Å². The number of aromatic nitrogens is 4. The van der Waals surface area contributed by atoms with E-state index in [0.29, 0.717) is 23.9 Å². The number of hydrogen-bond acceptors (Lipinski definition) is 5. The van der Waals surface area contributed by atoms with Gasteiger partial charge in [-0.1, -0.05) is 42.5 Å². The van der Waals surface area contributed by atoms with Crippen molar-refractivity contribution in [2.75, 3.05) is 26.2 Å². The topological polar surface area (TPSA) is 75.9 Å². The van der Waals surface area contributed by atoms with Gasteiger partial charge in [-0.05, 0) is 41.8 Å². The molecule has 0 aliphatic carbocycles. The van der Waals surface area contributed by atoms with Crippen LogP contribution in [0.25, 0.3) is 11.4 Å². The van der Waals surface area contributed by atoms with Crippen LogP contribution in [0.4, 0.5) is 0 Å². The highest BCUT2D eigenvalue weighted by Crippen LogP contribution is 2.26. The summed E-state index contributed by atoms with van der Waals surface area (Å²) in [5.41, 5.74) is 2.89. The highest BCUT2D eigenvalue weighted by Gasteiger charge is 2.23. The first kappa shape index (κ1) is 18.3. The third-order valence-electron chi connectivity index (χ3n) is 5.17. The first-order valence-electron chi connectivity index (χ1n) is 9.59. The third kappa shape index (κ3) is 4.26. The molecule has 0 bridgehead atoms. The smallest absolute Gasteiger partial charge is 0.251 e. The van der Waals surface area contributed by atoms with Gasteiger partial charge in [0.2, 0.25) is 5.82 Å². The van der Waals surface area contributed by atoms with Crippen LogP contribution in [0.2, 0.25) is 0 Å². The number of nitrogens with one attached hydrogen (secondary N) is 1. The number of benzene rings is 2. The van der Waals surface area contributed by atoms with E-state index in [4.69, 9.17) is 0 Å². The molecule has 1 amide bonds. The molecule has 2 aromatic carbocycles. The van der Waals surface area contributed by atoms with Gasteiger partial charge in [0, 0.05) is 30.8 Å². The maximum absolute atomic E-state index is 12.4. The van der Waals surface area contributed by atoms with E-state index in [1.54, 1.807) is 19.2 Å². The summed E-state index contributed by atoms with van der Waals surface area (Å²) in [5.74, 6) is 1.09. The van der Waals surface area contributed by atoms with Gasteiger partial charge in [-0.15, -0.1) is 10.2 Å². The number of hydrogen-bond donors (Lipinski definition) is 1. The maximum Gasteiger partial charge on any atom is 0.251 e. The van der Waals surface area contributed by atoms with Crippen molar-refractivity contribution in [3.8, 4) is 11.4 Å². The van der Waals surface area contributed by atoms with Crippen molar-refractivity contribution in [3.63, 3.8) is 0 Å². The molecule has 28 heavy (non-hydrogen) atoms. The second kappa shape index (κ2) is 8.31. The number of nitrogens with zero attached hydrogens (tertiary/aromatic N) is 5. The molecule has 1 fully saturated rings. The highest BCUT2D eigenvalue weighted by atomic mass is 16.1. The Morgan fingerprint density at radius 1 is 1.14 bits per heavy atom. The molecule has 3 aromatic rings. The molecule has 2 heterocycles. The fraction of sp³-hybridized carbons (Fsp3) is 0.333. The molecule has 1 N–H and O–H groups in total. The summed E-state index contributed by atoms with van der Waals surface area (Å²) in [6, 6.07) is 17.9. The Labute approximate surface area is 164 Å². The summed E-state index contributed by atoms with van der Waals surface area (Å²) in [7, 11) is 1.72. The van der Waals surface area contributed by atoms with Crippen molar-refractivity contribution in [3.05, 3.63) is 65.7 Å². The molecule has 1 saturated heterocycles.